The highest BCUT2D eigenvalue weighted by atomic mass is 32.2. The Labute approximate surface area is 336 Å². The van der Waals surface area contributed by atoms with Gasteiger partial charge in [-0.15, -0.1) is 0 Å². The first-order valence-corrected chi connectivity index (χ1v) is 20.2. The van der Waals surface area contributed by atoms with E-state index in [1.807, 2.05) is 104 Å². The molecule has 4 aromatic carbocycles. The maximum atomic E-state index is 13.7. The van der Waals surface area contributed by atoms with E-state index in [1.165, 1.54) is 23.5 Å². The molecular weight excluding hydrogens is 745 g/mol. The number of hydrogen-bond donors (Lipinski definition) is 4. The van der Waals surface area contributed by atoms with Gasteiger partial charge >= 0.3 is 6.03 Å². The van der Waals surface area contributed by atoms with E-state index in [4.69, 9.17) is 28.9 Å². The molecule has 0 spiro atoms. The number of methoxy groups -OCH3 is 4. The monoisotopic (exact) mass is 792 g/mol. The maximum absolute atomic E-state index is 13.7. The van der Waals surface area contributed by atoms with Crippen LogP contribution in [0.5, 0.6) is 23.0 Å². The topological polar surface area (TPSA) is 135 Å². The predicted molar refractivity (Wildman–Crippen MR) is 226 cm³/mol. The van der Waals surface area contributed by atoms with Crippen LogP contribution in [0.15, 0.2) is 107 Å². The van der Waals surface area contributed by atoms with Gasteiger partial charge < -0.3 is 39.5 Å². The number of amides is 2. The van der Waals surface area contributed by atoms with Gasteiger partial charge in [-0.1, -0.05) is 20.3 Å². The van der Waals surface area contributed by atoms with Crippen molar-refractivity contribution >= 4 is 29.6 Å². The fourth-order valence-corrected chi connectivity index (χ4v) is 8.69. The summed E-state index contributed by atoms with van der Waals surface area (Å²) in [7, 11) is 6.60. The second-order valence-electron chi connectivity index (χ2n) is 12.9. The molecule has 0 saturated heterocycles. The average molecular weight is 793 g/mol. The summed E-state index contributed by atoms with van der Waals surface area (Å²) in [5, 5.41) is 7.67. The zero-order valence-electron chi connectivity index (χ0n) is 32.5. The average Bonchev–Trinajstić information content (AvgIpc) is 3.86. The normalized spacial score (nSPS) is 11.2. The number of nitrogens with one attached hydrogen (secondary N) is 4. The molecule has 0 aliphatic heterocycles. The quantitative estimate of drug-likeness (QED) is 0.0495. The number of thioether (sulfide) groups is 2. The van der Waals surface area contributed by atoms with Crippen molar-refractivity contribution in [2.75, 3.05) is 35.0 Å². The van der Waals surface area contributed by atoms with E-state index in [2.05, 4.69) is 27.5 Å². The first-order valence-electron chi connectivity index (χ1n) is 18.5. The highest BCUT2D eigenvalue weighted by Crippen LogP contribution is 2.48. The van der Waals surface area contributed by atoms with E-state index in [0.29, 0.717) is 23.3 Å². The molecule has 0 bridgehead atoms. The SMILES string of the molecule is CCCCC(NC(=O)NCCC)(Sc1nc(-c2ccc(OC)cc2)c(-c2ccc(OC)cc2)[nH]1)Sc1nc(-c2ccc(OC)cc2)c(-c2ccc(OC)cc2)[nH]1. The number of benzene rings is 4. The van der Waals surface area contributed by atoms with E-state index in [9.17, 15) is 4.79 Å². The number of carbonyl (C=O) groups excluding carboxylic acids is 1. The van der Waals surface area contributed by atoms with Crippen molar-refractivity contribution in [1.82, 2.24) is 30.6 Å². The van der Waals surface area contributed by atoms with Gasteiger partial charge in [-0.05, 0) is 140 Å². The van der Waals surface area contributed by atoms with Crippen LogP contribution in [0.25, 0.3) is 45.0 Å². The van der Waals surface area contributed by atoms with Crippen molar-refractivity contribution in [2.24, 2.45) is 0 Å². The van der Waals surface area contributed by atoms with E-state index < -0.39 is 4.20 Å². The number of rotatable bonds is 18. The lowest BCUT2D eigenvalue weighted by Crippen LogP contribution is -2.48. The van der Waals surface area contributed by atoms with E-state index in [-0.39, 0.29) is 6.03 Å². The Kier molecular flexibility index (Phi) is 13.5. The smallest absolute Gasteiger partial charge is 0.316 e. The Hall–Kier alpha value is -5.53. The van der Waals surface area contributed by atoms with Crippen molar-refractivity contribution in [3.8, 4) is 68.0 Å². The first-order chi connectivity index (χ1) is 27.3. The highest BCUT2D eigenvalue weighted by molar-refractivity contribution is 8.18. The lowest BCUT2D eigenvalue weighted by Gasteiger charge is -2.32. The van der Waals surface area contributed by atoms with Crippen LogP contribution in [0.4, 0.5) is 4.79 Å². The minimum absolute atomic E-state index is 0.266. The summed E-state index contributed by atoms with van der Waals surface area (Å²) in [6, 6.07) is 31.2. The van der Waals surface area contributed by atoms with Crippen LogP contribution in [0.3, 0.4) is 0 Å². The summed E-state index contributed by atoms with van der Waals surface area (Å²) in [4.78, 5) is 31.3. The molecule has 0 aliphatic rings. The third-order valence-corrected chi connectivity index (χ3v) is 11.6. The maximum Gasteiger partial charge on any atom is 0.316 e. The first kappa shape index (κ1) is 40.1. The molecule has 4 N–H and O–H groups in total. The molecule has 6 rings (SSSR count). The molecule has 0 unspecified atom stereocenters. The third kappa shape index (κ3) is 9.64. The molecule has 2 aromatic heterocycles. The van der Waals surface area contributed by atoms with Crippen molar-refractivity contribution in [1.29, 1.82) is 0 Å². The number of nitrogens with zero attached hydrogens (tertiary/aromatic N) is 2. The molecule has 2 amide bonds. The summed E-state index contributed by atoms with van der Waals surface area (Å²) in [6.45, 7) is 4.71. The van der Waals surface area contributed by atoms with Crippen LogP contribution < -0.4 is 29.6 Å². The van der Waals surface area contributed by atoms with Gasteiger partial charge in [-0.2, -0.15) is 0 Å². The molecule has 2 heterocycles. The number of aromatic nitrogens is 4. The Morgan fingerprint density at radius 2 is 0.964 bits per heavy atom. The van der Waals surface area contributed by atoms with Crippen LogP contribution in [0.2, 0.25) is 0 Å². The second-order valence-corrected chi connectivity index (χ2v) is 15.7. The van der Waals surface area contributed by atoms with Crippen molar-refractivity contribution < 1.29 is 23.7 Å². The van der Waals surface area contributed by atoms with E-state index >= 15 is 0 Å². The summed E-state index contributed by atoms with van der Waals surface area (Å²) in [5.41, 5.74) is 6.93. The predicted octanol–water partition coefficient (Wildman–Crippen LogP) is 10.3. The van der Waals surface area contributed by atoms with Gasteiger partial charge in [0.15, 0.2) is 10.3 Å². The summed E-state index contributed by atoms with van der Waals surface area (Å²) >= 11 is 2.94. The van der Waals surface area contributed by atoms with Crippen LogP contribution in [-0.4, -0.2) is 65.2 Å². The van der Waals surface area contributed by atoms with Crippen LogP contribution in [0.1, 0.15) is 39.5 Å². The molecule has 0 saturated carbocycles. The lowest BCUT2D eigenvalue weighted by molar-refractivity contribution is 0.238. The van der Waals surface area contributed by atoms with E-state index in [0.717, 1.165) is 87.3 Å². The molecule has 0 radical (unpaired) electrons. The van der Waals surface area contributed by atoms with Gasteiger partial charge in [0.1, 0.15) is 27.2 Å². The summed E-state index contributed by atoms with van der Waals surface area (Å²) in [5.74, 6) is 3.02. The minimum Gasteiger partial charge on any atom is -0.497 e. The number of hydrogen-bond acceptors (Lipinski definition) is 9. The largest absolute Gasteiger partial charge is 0.497 e. The fraction of sp³-hybridized carbons (Fsp3) is 0.279. The van der Waals surface area contributed by atoms with Gasteiger partial charge in [0.25, 0.3) is 0 Å². The van der Waals surface area contributed by atoms with Crippen LogP contribution in [0, 0.1) is 0 Å². The third-order valence-electron chi connectivity index (χ3n) is 9.07. The van der Waals surface area contributed by atoms with Gasteiger partial charge in [0, 0.05) is 28.8 Å². The van der Waals surface area contributed by atoms with E-state index in [1.54, 1.807) is 28.4 Å². The minimum atomic E-state index is -0.938. The standard InChI is InChI=1S/C43H48N6O5S2/c1-7-9-26-43(49-40(50)44-27-8-2,55-41-45-36(28-10-18-32(51-3)19-11-28)37(46-41)29-12-20-33(52-4)21-13-29)56-42-47-38(30-14-22-34(53-5)23-15-30)39(48-42)31-16-24-35(54-6)25-17-31/h10-25H,7-9,26-27H2,1-6H3,(H,45,46)(H,47,48)(H2,44,49,50). The van der Waals surface area contributed by atoms with Crippen LogP contribution in [-0.2, 0) is 0 Å². The number of ether oxygens (including phenoxy) is 4. The van der Waals surface area contributed by atoms with Gasteiger partial charge in [-0.3, -0.25) is 0 Å². The number of carbonyl (C=O) groups is 1. The molecule has 0 fully saturated rings. The Balaban J connectivity index is 1.46. The molecule has 6 aromatic rings. The van der Waals surface area contributed by atoms with Crippen molar-refractivity contribution in [3.63, 3.8) is 0 Å². The zero-order chi connectivity index (χ0) is 39.5. The summed E-state index contributed by atoms with van der Waals surface area (Å²) in [6.07, 6.45) is 3.17. The van der Waals surface area contributed by atoms with Crippen LogP contribution >= 0.6 is 23.5 Å². The number of unbranched alkanes of at least 4 members (excludes halogenated alkanes) is 1. The van der Waals surface area contributed by atoms with Gasteiger partial charge in [-0.25, -0.2) is 14.8 Å². The molecule has 0 atom stereocenters. The van der Waals surface area contributed by atoms with Crippen molar-refractivity contribution in [2.45, 2.75) is 54.0 Å². The highest BCUT2D eigenvalue weighted by Gasteiger charge is 2.38. The number of urea groups is 1. The van der Waals surface area contributed by atoms with Gasteiger partial charge in [0.2, 0.25) is 0 Å². The lowest BCUT2D eigenvalue weighted by atomic mass is 10.0. The molecule has 11 nitrogen and oxygen atoms in total. The molecule has 292 valence electrons. The molecule has 13 heteroatoms. The fourth-order valence-electron chi connectivity index (χ4n) is 6.06. The molecule has 56 heavy (non-hydrogen) atoms. The molecular formula is C43H48N6O5S2. The second kappa shape index (κ2) is 18.9. The van der Waals surface area contributed by atoms with Crippen molar-refractivity contribution in [3.05, 3.63) is 97.1 Å². The van der Waals surface area contributed by atoms with Gasteiger partial charge in [0.05, 0.1) is 51.2 Å². The molecule has 0 aliphatic carbocycles. The number of imidazole rings is 2. The summed E-state index contributed by atoms with van der Waals surface area (Å²) < 4.78 is 20.9. The Morgan fingerprint density at radius 1 is 0.589 bits per heavy atom. The number of aromatic amines is 2. The number of H-pyrrole nitrogens is 2. The Bertz CT molecular complexity index is 1900. The Morgan fingerprint density at radius 3 is 1.30 bits per heavy atom. The zero-order valence-corrected chi connectivity index (χ0v) is 34.2.